The fourth-order valence-corrected chi connectivity index (χ4v) is 4.80. The van der Waals surface area contributed by atoms with Gasteiger partial charge in [0.1, 0.15) is 11.0 Å². The Labute approximate surface area is 234 Å². The van der Waals surface area contributed by atoms with E-state index in [9.17, 15) is 0 Å². The molecule has 0 fully saturated rings. The second kappa shape index (κ2) is 10.6. The summed E-state index contributed by atoms with van der Waals surface area (Å²) in [6, 6.07) is 28.8. The molecule has 0 radical (unpaired) electrons. The van der Waals surface area contributed by atoms with Crippen LogP contribution in [0.4, 0.5) is 11.5 Å². The predicted molar refractivity (Wildman–Crippen MR) is 158 cm³/mol. The molecule has 0 aliphatic rings. The molecule has 0 bridgehead atoms. The molecule has 0 saturated heterocycles. The third-order valence-electron chi connectivity index (χ3n) is 6.44. The highest BCUT2D eigenvalue weighted by atomic mass is 35.5. The van der Waals surface area contributed by atoms with E-state index in [0.29, 0.717) is 16.3 Å². The first kappa shape index (κ1) is 24.7. The van der Waals surface area contributed by atoms with Crippen molar-refractivity contribution in [3.63, 3.8) is 0 Å². The monoisotopic (exact) mass is 535 g/mol. The van der Waals surface area contributed by atoms with E-state index in [2.05, 4.69) is 32.4 Å². The van der Waals surface area contributed by atoms with Gasteiger partial charge in [-0.1, -0.05) is 41.9 Å². The molecule has 3 aromatic carbocycles. The van der Waals surface area contributed by atoms with E-state index in [1.54, 1.807) is 42.9 Å². The van der Waals surface area contributed by atoms with Crippen LogP contribution in [0.15, 0.2) is 104 Å². The number of hydrogen-bond acceptors (Lipinski definition) is 7. The number of pyridine rings is 4. The minimum absolute atomic E-state index is 0.435. The Bertz CT molecular complexity index is 2130. The second-order valence-electron chi connectivity index (χ2n) is 8.88. The Morgan fingerprint density at radius 2 is 1.18 bits per heavy atom. The highest BCUT2D eigenvalue weighted by molar-refractivity contribution is 6.35. The molecule has 8 heteroatoms. The van der Waals surface area contributed by atoms with Gasteiger partial charge in [-0.15, -0.1) is 0 Å². The van der Waals surface area contributed by atoms with Gasteiger partial charge >= 0.3 is 0 Å². The fraction of sp³-hybridized carbons (Fsp3) is 0. The third kappa shape index (κ3) is 4.69. The van der Waals surface area contributed by atoms with Crippen LogP contribution in [0, 0.1) is 22.7 Å². The maximum absolute atomic E-state index is 9.11. The topological polar surface area (TPSA) is 111 Å². The number of rotatable bonds is 2. The van der Waals surface area contributed by atoms with Crippen LogP contribution >= 0.6 is 11.6 Å². The molecule has 0 unspecified atom stereocenters. The zero-order valence-electron chi connectivity index (χ0n) is 20.9. The number of para-hydroxylation sites is 1. The smallest absolute Gasteiger partial charge is 0.139 e. The van der Waals surface area contributed by atoms with Crippen molar-refractivity contribution in [2.45, 2.75) is 0 Å². The predicted octanol–water partition coefficient (Wildman–Crippen LogP) is 7.71. The molecule has 0 amide bonds. The first-order chi connectivity index (χ1) is 19.6. The maximum atomic E-state index is 9.11. The van der Waals surface area contributed by atoms with E-state index in [4.69, 9.17) is 27.1 Å². The summed E-state index contributed by atoms with van der Waals surface area (Å²) in [5, 5.41) is 27.5. The molecular formula is C32H18ClN7. The number of hydrogen-bond donors (Lipinski definition) is 1. The summed E-state index contributed by atoms with van der Waals surface area (Å²) >= 11 is 6.11. The van der Waals surface area contributed by atoms with Gasteiger partial charge in [0.05, 0.1) is 34.3 Å². The van der Waals surface area contributed by atoms with Crippen LogP contribution in [0.1, 0.15) is 11.1 Å². The van der Waals surface area contributed by atoms with Crippen molar-refractivity contribution in [1.82, 2.24) is 19.9 Å². The number of benzene rings is 3. The Hall–Kier alpha value is -5.63. The molecule has 4 aromatic heterocycles. The molecule has 0 aliphatic heterocycles. The van der Waals surface area contributed by atoms with Gasteiger partial charge in [-0.05, 0) is 48.5 Å². The van der Waals surface area contributed by atoms with Crippen molar-refractivity contribution in [3.8, 4) is 12.1 Å². The molecule has 188 valence electrons. The van der Waals surface area contributed by atoms with Crippen molar-refractivity contribution >= 4 is 66.5 Å². The lowest BCUT2D eigenvalue weighted by Gasteiger charge is -2.11. The minimum Gasteiger partial charge on any atom is -0.340 e. The van der Waals surface area contributed by atoms with E-state index in [1.165, 1.54) is 0 Å². The molecule has 7 rings (SSSR count). The van der Waals surface area contributed by atoms with Gasteiger partial charge in [-0.3, -0.25) is 9.97 Å². The average molecular weight is 536 g/mol. The molecule has 4 heterocycles. The zero-order valence-corrected chi connectivity index (χ0v) is 21.6. The van der Waals surface area contributed by atoms with Gasteiger partial charge in [0.15, 0.2) is 0 Å². The van der Waals surface area contributed by atoms with E-state index >= 15 is 0 Å². The first-order valence-electron chi connectivity index (χ1n) is 12.3. The Kier molecular flexibility index (Phi) is 6.56. The number of fused-ring (bicyclic) bond motifs is 6. The summed E-state index contributed by atoms with van der Waals surface area (Å²) in [6.45, 7) is 0. The third-order valence-corrected chi connectivity index (χ3v) is 6.73. The molecule has 7 aromatic rings. The summed E-state index contributed by atoms with van der Waals surface area (Å²) in [6.07, 6.45) is 7.04. The minimum atomic E-state index is 0.435. The van der Waals surface area contributed by atoms with Crippen LogP contribution in [0.2, 0.25) is 5.15 Å². The van der Waals surface area contributed by atoms with Gasteiger partial charge in [-0.25, -0.2) is 9.97 Å². The van der Waals surface area contributed by atoms with E-state index in [1.807, 2.05) is 60.8 Å². The van der Waals surface area contributed by atoms with Gasteiger partial charge < -0.3 is 5.32 Å². The molecule has 40 heavy (non-hydrogen) atoms. The van der Waals surface area contributed by atoms with Crippen molar-refractivity contribution in [1.29, 1.82) is 10.5 Å². The molecule has 0 saturated carbocycles. The summed E-state index contributed by atoms with van der Waals surface area (Å²) < 4.78 is 0. The largest absolute Gasteiger partial charge is 0.340 e. The van der Waals surface area contributed by atoms with Gasteiger partial charge in [0.25, 0.3) is 0 Å². The van der Waals surface area contributed by atoms with Crippen molar-refractivity contribution < 1.29 is 0 Å². The van der Waals surface area contributed by atoms with E-state index in [-0.39, 0.29) is 0 Å². The maximum Gasteiger partial charge on any atom is 0.139 e. The lowest BCUT2D eigenvalue weighted by atomic mass is 10.1. The van der Waals surface area contributed by atoms with Crippen LogP contribution in [-0.4, -0.2) is 19.9 Å². The van der Waals surface area contributed by atoms with E-state index < -0.39 is 0 Å². The van der Waals surface area contributed by atoms with Crippen LogP contribution < -0.4 is 5.32 Å². The number of halogens is 1. The molecule has 0 atom stereocenters. The quantitative estimate of drug-likeness (QED) is 0.178. The molecule has 0 spiro atoms. The highest BCUT2D eigenvalue weighted by Crippen LogP contribution is 2.31. The summed E-state index contributed by atoms with van der Waals surface area (Å²) in [4.78, 5) is 17.3. The van der Waals surface area contributed by atoms with Crippen molar-refractivity contribution in [2.24, 2.45) is 0 Å². The van der Waals surface area contributed by atoms with Crippen LogP contribution in [0.25, 0.3) is 43.4 Å². The van der Waals surface area contributed by atoms with Gasteiger partial charge in [-0.2, -0.15) is 10.5 Å². The second-order valence-corrected chi connectivity index (χ2v) is 9.24. The fourth-order valence-electron chi connectivity index (χ4n) is 4.55. The molecule has 1 N–H and O–H groups in total. The average Bonchev–Trinajstić information content (AvgIpc) is 3.01. The van der Waals surface area contributed by atoms with E-state index in [0.717, 1.165) is 54.9 Å². The Balaban J connectivity index is 0.000000151. The first-order valence-corrected chi connectivity index (χ1v) is 12.6. The summed E-state index contributed by atoms with van der Waals surface area (Å²) in [7, 11) is 0. The number of nitrogens with one attached hydrogen (secondary N) is 1. The Morgan fingerprint density at radius 1 is 0.600 bits per heavy atom. The summed E-state index contributed by atoms with van der Waals surface area (Å²) in [5.41, 5.74) is 3.63. The van der Waals surface area contributed by atoms with Gasteiger partial charge in [0, 0.05) is 62.8 Å². The number of anilines is 2. The van der Waals surface area contributed by atoms with Crippen LogP contribution in [-0.2, 0) is 0 Å². The lowest BCUT2D eigenvalue weighted by Crippen LogP contribution is -1.96. The molecule has 0 aliphatic carbocycles. The summed E-state index contributed by atoms with van der Waals surface area (Å²) in [5.74, 6) is 0.760. The Morgan fingerprint density at radius 3 is 1.80 bits per heavy atom. The SMILES string of the molecule is N#Cc1ccc2c(c1)nc(Cl)c1ccncc12.N#Cc1ccc2c(c1)nc(Nc1ccccc1)c1ccncc12. The highest BCUT2D eigenvalue weighted by Gasteiger charge is 2.10. The number of nitrogens with zero attached hydrogens (tertiary/aromatic N) is 6. The van der Waals surface area contributed by atoms with Crippen LogP contribution in [0.3, 0.4) is 0 Å². The van der Waals surface area contributed by atoms with Crippen molar-refractivity contribution in [2.75, 3.05) is 5.32 Å². The van der Waals surface area contributed by atoms with Crippen molar-refractivity contribution in [3.05, 3.63) is 120 Å². The lowest BCUT2D eigenvalue weighted by molar-refractivity contribution is 1.34. The number of aromatic nitrogens is 4. The molecular weight excluding hydrogens is 518 g/mol. The molecule has 7 nitrogen and oxygen atoms in total. The zero-order chi connectivity index (χ0) is 27.5. The number of nitriles is 2. The van der Waals surface area contributed by atoms with Gasteiger partial charge in [0.2, 0.25) is 0 Å². The standard InChI is InChI=1S/C19H12N4.C13H6ClN3/c20-11-13-6-7-15-17-12-21-9-8-16(17)19(23-18(15)10-13)22-14-4-2-1-3-5-14;14-13-10-3-4-16-7-11(10)9-2-1-8(6-15)5-12(9)17-13/h1-10,12H,(H,22,23);1-5,7H. The van der Waals surface area contributed by atoms with Crippen LogP contribution in [0.5, 0.6) is 0 Å². The normalized spacial score (nSPS) is 10.6.